The maximum absolute atomic E-state index is 11.1. The number of aliphatic carboxylic acids is 1. The van der Waals surface area contributed by atoms with E-state index in [2.05, 4.69) is 4.98 Å². The Morgan fingerprint density at radius 2 is 1.96 bits per heavy atom. The van der Waals surface area contributed by atoms with Crippen LogP contribution in [0.3, 0.4) is 0 Å². The van der Waals surface area contributed by atoms with Gasteiger partial charge >= 0.3 is 5.97 Å². The molecular formula is C19H20N2O5. The summed E-state index contributed by atoms with van der Waals surface area (Å²) >= 11 is 0. The number of likely N-dealkylation sites (N-methyl/N-ethyl adjacent to an activating group) is 1. The number of hydrogen-bond donors (Lipinski definition) is 1. The number of carboxylic acid groups (broad SMARTS) is 1. The van der Waals surface area contributed by atoms with Crippen molar-refractivity contribution in [3.63, 3.8) is 0 Å². The molecule has 2 aromatic carbocycles. The second kappa shape index (κ2) is 7.88. The summed E-state index contributed by atoms with van der Waals surface area (Å²) in [5, 5.41) is 9.08. The van der Waals surface area contributed by atoms with Gasteiger partial charge in [0.1, 0.15) is 17.9 Å². The van der Waals surface area contributed by atoms with Crippen molar-refractivity contribution in [1.82, 2.24) is 4.98 Å². The SMILES string of the molecule is COC(C(=O)O)c1ccc(OCCN(C)c2nc3ccccc3o2)cc1. The van der Waals surface area contributed by atoms with Gasteiger partial charge in [0, 0.05) is 14.2 Å². The van der Waals surface area contributed by atoms with E-state index in [0.717, 1.165) is 11.1 Å². The molecule has 1 N–H and O–H groups in total. The zero-order valence-corrected chi connectivity index (χ0v) is 14.6. The number of carboxylic acids is 1. The molecular weight excluding hydrogens is 336 g/mol. The lowest BCUT2D eigenvalue weighted by molar-refractivity contribution is -0.148. The van der Waals surface area contributed by atoms with E-state index < -0.39 is 12.1 Å². The Morgan fingerprint density at radius 3 is 2.62 bits per heavy atom. The predicted molar refractivity (Wildman–Crippen MR) is 96.6 cm³/mol. The van der Waals surface area contributed by atoms with Crippen molar-refractivity contribution in [3.8, 4) is 5.75 Å². The van der Waals surface area contributed by atoms with Gasteiger partial charge in [-0.2, -0.15) is 4.98 Å². The minimum absolute atomic E-state index is 0.432. The van der Waals surface area contributed by atoms with Crippen LogP contribution in [0.15, 0.2) is 52.9 Å². The molecule has 1 aromatic heterocycles. The molecule has 0 saturated carbocycles. The number of nitrogens with zero attached hydrogens (tertiary/aromatic N) is 2. The third kappa shape index (κ3) is 3.94. The molecule has 0 amide bonds. The van der Waals surface area contributed by atoms with Crippen LogP contribution in [0.2, 0.25) is 0 Å². The van der Waals surface area contributed by atoms with Gasteiger partial charge in [0.05, 0.1) is 6.54 Å². The molecule has 0 bridgehead atoms. The highest BCUT2D eigenvalue weighted by atomic mass is 16.5. The van der Waals surface area contributed by atoms with Crippen molar-refractivity contribution >= 4 is 23.1 Å². The first-order chi connectivity index (χ1) is 12.6. The maximum atomic E-state index is 11.1. The van der Waals surface area contributed by atoms with E-state index in [1.54, 1.807) is 24.3 Å². The van der Waals surface area contributed by atoms with Crippen LogP contribution in [-0.4, -0.2) is 43.4 Å². The first-order valence-electron chi connectivity index (χ1n) is 8.13. The van der Waals surface area contributed by atoms with Crippen LogP contribution >= 0.6 is 0 Å². The second-order valence-corrected chi connectivity index (χ2v) is 5.76. The molecule has 0 aliphatic heterocycles. The summed E-state index contributed by atoms with van der Waals surface area (Å²) in [6.45, 7) is 1.02. The number of fused-ring (bicyclic) bond motifs is 1. The van der Waals surface area contributed by atoms with E-state index in [9.17, 15) is 4.79 Å². The second-order valence-electron chi connectivity index (χ2n) is 5.76. The van der Waals surface area contributed by atoms with Crippen LogP contribution in [-0.2, 0) is 9.53 Å². The van der Waals surface area contributed by atoms with Crippen LogP contribution in [0.4, 0.5) is 6.01 Å². The van der Waals surface area contributed by atoms with Crippen LogP contribution in [0.25, 0.3) is 11.1 Å². The van der Waals surface area contributed by atoms with Gasteiger partial charge in [-0.3, -0.25) is 0 Å². The zero-order chi connectivity index (χ0) is 18.5. The smallest absolute Gasteiger partial charge is 0.337 e. The van der Waals surface area contributed by atoms with Crippen molar-refractivity contribution in [3.05, 3.63) is 54.1 Å². The van der Waals surface area contributed by atoms with Crippen molar-refractivity contribution in [2.75, 3.05) is 32.2 Å². The van der Waals surface area contributed by atoms with E-state index in [1.165, 1.54) is 7.11 Å². The van der Waals surface area contributed by atoms with Gasteiger partial charge in [-0.1, -0.05) is 24.3 Å². The number of carbonyl (C=O) groups is 1. The van der Waals surface area contributed by atoms with E-state index >= 15 is 0 Å². The molecule has 0 aliphatic carbocycles. The Balaban J connectivity index is 1.55. The molecule has 1 unspecified atom stereocenters. The monoisotopic (exact) mass is 356 g/mol. The van der Waals surface area contributed by atoms with Crippen molar-refractivity contribution < 1.29 is 23.8 Å². The Bertz CT molecular complexity index is 842. The number of aromatic nitrogens is 1. The summed E-state index contributed by atoms with van der Waals surface area (Å²) in [7, 11) is 3.25. The molecule has 1 heterocycles. The summed E-state index contributed by atoms with van der Waals surface area (Å²) in [6.07, 6.45) is -0.977. The van der Waals surface area contributed by atoms with Crippen LogP contribution in [0.5, 0.6) is 5.75 Å². The van der Waals surface area contributed by atoms with Crippen molar-refractivity contribution in [2.45, 2.75) is 6.10 Å². The molecule has 0 saturated heterocycles. The lowest BCUT2D eigenvalue weighted by Gasteiger charge is -2.15. The van der Waals surface area contributed by atoms with Gasteiger partial charge in [0.25, 0.3) is 6.01 Å². The lowest BCUT2D eigenvalue weighted by atomic mass is 10.1. The molecule has 136 valence electrons. The summed E-state index contributed by atoms with van der Waals surface area (Å²) < 4.78 is 16.4. The molecule has 7 heteroatoms. The Morgan fingerprint density at radius 1 is 1.23 bits per heavy atom. The third-order valence-electron chi connectivity index (χ3n) is 3.95. The van der Waals surface area contributed by atoms with E-state index in [4.69, 9.17) is 19.0 Å². The molecule has 7 nitrogen and oxygen atoms in total. The van der Waals surface area contributed by atoms with Crippen molar-refractivity contribution in [2.24, 2.45) is 0 Å². The number of ether oxygens (including phenoxy) is 2. The first kappa shape index (κ1) is 17.8. The summed E-state index contributed by atoms with van der Waals surface area (Å²) in [6, 6.07) is 15.0. The maximum Gasteiger partial charge on any atom is 0.337 e. The molecule has 3 rings (SSSR count). The fraction of sp³-hybridized carbons (Fsp3) is 0.263. The van der Waals surface area contributed by atoms with Crippen LogP contribution in [0.1, 0.15) is 11.7 Å². The first-order valence-corrected chi connectivity index (χ1v) is 8.13. The van der Waals surface area contributed by atoms with Crippen LogP contribution < -0.4 is 9.64 Å². The number of oxazole rings is 1. The fourth-order valence-corrected chi connectivity index (χ4v) is 2.54. The van der Waals surface area contributed by atoms with Gasteiger partial charge in [-0.25, -0.2) is 4.79 Å². The molecule has 0 spiro atoms. The van der Waals surface area contributed by atoms with Gasteiger partial charge in [0.2, 0.25) is 0 Å². The number of hydrogen-bond acceptors (Lipinski definition) is 6. The average Bonchev–Trinajstić information content (AvgIpc) is 3.07. The highest BCUT2D eigenvalue weighted by Crippen LogP contribution is 2.22. The van der Waals surface area contributed by atoms with Gasteiger partial charge < -0.3 is 23.9 Å². The quantitative estimate of drug-likeness (QED) is 0.664. The molecule has 0 radical (unpaired) electrons. The highest BCUT2D eigenvalue weighted by molar-refractivity contribution is 5.74. The molecule has 0 fully saturated rings. The number of rotatable bonds is 8. The summed E-state index contributed by atoms with van der Waals surface area (Å²) in [5.41, 5.74) is 2.13. The van der Waals surface area contributed by atoms with Crippen molar-refractivity contribution in [1.29, 1.82) is 0 Å². The Kier molecular flexibility index (Phi) is 5.38. The topological polar surface area (TPSA) is 85.0 Å². The predicted octanol–water partition coefficient (Wildman–Crippen LogP) is 3.12. The molecule has 26 heavy (non-hydrogen) atoms. The zero-order valence-electron chi connectivity index (χ0n) is 14.6. The number of para-hydroxylation sites is 2. The van der Waals surface area contributed by atoms with Gasteiger partial charge in [0.15, 0.2) is 11.7 Å². The minimum atomic E-state index is -1.03. The number of methoxy groups -OCH3 is 1. The molecule has 0 aliphatic rings. The fourth-order valence-electron chi connectivity index (χ4n) is 2.54. The Hall–Kier alpha value is -3.06. The van der Waals surface area contributed by atoms with E-state index in [1.807, 2.05) is 36.2 Å². The highest BCUT2D eigenvalue weighted by Gasteiger charge is 2.18. The van der Waals surface area contributed by atoms with E-state index in [0.29, 0.717) is 30.5 Å². The number of benzene rings is 2. The van der Waals surface area contributed by atoms with E-state index in [-0.39, 0.29) is 0 Å². The van der Waals surface area contributed by atoms with Crippen LogP contribution in [0, 0.1) is 0 Å². The lowest BCUT2D eigenvalue weighted by Crippen LogP contribution is -2.24. The normalized spacial score (nSPS) is 12.1. The third-order valence-corrected chi connectivity index (χ3v) is 3.95. The Labute approximate surface area is 150 Å². The van der Waals surface area contributed by atoms with Gasteiger partial charge in [-0.15, -0.1) is 0 Å². The van der Waals surface area contributed by atoms with Gasteiger partial charge in [-0.05, 0) is 29.8 Å². The standard InChI is InChI=1S/C19H20N2O5/c1-21(19-20-15-5-3-4-6-16(15)26-19)11-12-25-14-9-7-13(8-10-14)17(24-2)18(22)23/h3-10,17H,11-12H2,1-2H3,(H,22,23). The molecule has 3 aromatic rings. The largest absolute Gasteiger partial charge is 0.492 e. The summed E-state index contributed by atoms with van der Waals surface area (Å²) in [4.78, 5) is 17.4. The minimum Gasteiger partial charge on any atom is -0.492 e. The molecule has 1 atom stereocenters. The summed E-state index contributed by atoms with van der Waals surface area (Å²) in [5.74, 6) is -0.374. The number of anilines is 1. The average molecular weight is 356 g/mol.